The molecule has 1 N–H and O–H groups in total. The molecule has 2 aromatic carbocycles. The van der Waals surface area contributed by atoms with E-state index >= 15 is 0 Å². The first-order valence-corrected chi connectivity index (χ1v) is 11.9. The van der Waals surface area contributed by atoms with Crippen molar-refractivity contribution in [3.63, 3.8) is 0 Å². The highest BCUT2D eigenvalue weighted by atomic mass is 79.9. The van der Waals surface area contributed by atoms with Crippen LogP contribution < -0.4 is 10.2 Å². The van der Waals surface area contributed by atoms with Gasteiger partial charge in [0.25, 0.3) is 5.91 Å². The summed E-state index contributed by atoms with van der Waals surface area (Å²) in [6, 6.07) is 20.7. The lowest BCUT2D eigenvalue weighted by Crippen LogP contribution is -2.32. The Bertz CT molecular complexity index is 1250. The molecule has 1 atom stereocenters. The monoisotopic (exact) mass is 521 g/mol. The molecular weight excluding hydrogens is 502 g/mol. The lowest BCUT2D eigenvalue weighted by atomic mass is 10.1. The summed E-state index contributed by atoms with van der Waals surface area (Å²) in [5, 5.41) is 12.5. The van der Waals surface area contributed by atoms with E-state index in [0.29, 0.717) is 22.9 Å². The van der Waals surface area contributed by atoms with Gasteiger partial charge in [0.15, 0.2) is 0 Å². The summed E-state index contributed by atoms with van der Waals surface area (Å²) in [7, 11) is 0. The number of nitriles is 1. The Morgan fingerprint density at radius 1 is 1.21 bits per heavy atom. The summed E-state index contributed by atoms with van der Waals surface area (Å²) in [5.74, 6) is -0.143. The van der Waals surface area contributed by atoms with Crippen LogP contribution in [0.5, 0.6) is 0 Å². The van der Waals surface area contributed by atoms with Crippen molar-refractivity contribution in [3.05, 3.63) is 98.9 Å². The fourth-order valence-electron chi connectivity index (χ4n) is 3.53. The Hall–Kier alpha value is -3.28. The number of hydrogen-bond donors (Lipinski definition) is 1. The van der Waals surface area contributed by atoms with E-state index in [2.05, 4.69) is 21.2 Å². The lowest BCUT2D eigenvalue weighted by Gasteiger charge is -2.18. The van der Waals surface area contributed by atoms with E-state index in [0.717, 1.165) is 15.6 Å². The molecule has 2 heterocycles. The summed E-state index contributed by atoms with van der Waals surface area (Å²) < 4.78 is 6.11. The van der Waals surface area contributed by atoms with E-state index in [9.17, 15) is 14.9 Å². The predicted molar refractivity (Wildman–Crippen MR) is 131 cm³/mol. The van der Waals surface area contributed by atoms with Gasteiger partial charge < -0.3 is 9.73 Å². The second kappa shape index (κ2) is 10.1. The molecule has 0 spiro atoms. The van der Waals surface area contributed by atoms with Crippen LogP contribution in [0.15, 0.2) is 86.4 Å². The molecule has 1 aliphatic heterocycles. The van der Waals surface area contributed by atoms with Gasteiger partial charge in [-0.25, -0.2) is 0 Å². The number of nitrogens with zero attached hydrogens (tertiary/aromatic N) is 2. The van der Waals surface area contributed by atoms with Gasteiger partial charge in [-0.3, -0.25) is 14.5 Å². The van der Waals surface area contributed by atoms with Gasteiger partial charge in [0.05, 0.1) is 18.1 Å². The first kappa shape index (κ1) is 22.9. The Morgan fingerprint density at radius 2 is 2.00 bits per heavy atom. The van der Waals surface area contributed by atoms with Gasteiger partial charge in [0.2, 0.25) is 5.91 Å². The Kier molecular flexibility index (Phi) is 7.02. The molecule has 4 rings (SSSR count). The minimum absolute atomic E-state index is 0.102. The summed E-state index contributed by atoms with van der Waals surface area (Å²) in [6.07, 6.45) is 2.01. The van der Waals surface area contributed by atoms with E-state index < -0.39 is 11.2 Å². The van der Waals surface area contributed by atoms with Crippen molar-refractivity contribution in [2.45, 2.75) is 25.1 Å². The highest BCUT2D eigenvalue weighted by molar-refractivity contribution is 9.10. The van der Waals surface area contributed by atoms with Crippen molar-refractivity contribution in [3.8, 4) is 6.07 Å². The van der Waals surface area contributed by atoms with Crippen LogP contribution in [0.4, 0.5) is 5.69 Å². The smallest absolute Gasteiger partial charge is 0.265 e. The van der Waals surface area contributed by atoms with Crippen LogP contribution in [0.3, 0.4) is 0 Å². The molecule has 166 valence electrons. The van der Waals surface area contributed by atoms with Crippen molar-refractivity contribution in [1.29, 1.82) is 5.26 Å². The van der Waals surface area contributed by atoms with E-state index in [1.807, 2.05) is 49.4 Å². The minimum Gasteiger partial charge on any atom is -0.467 e. The highest BCUT2D eigenvalue weighted by Crippen LogP contribution is 2.42. The largest absolute Gasteiger partial charge is 0.467 e. The molecule has 6 nitrogen and oxygen atoms in total. The Labute approximate surface area is 204 Å². The molecule has 3 aromatic rings. The molecule has 8 heteroatoms. The maximum absolute atomic E-state index is 13.5. The maximum atomic E-state index is 13.5. The molecule has 33 heavy (non-hydrogen) atoms. The van der Waals surface area contributed by atoms with Crippen molar-refractivity contribution in [1.82, 2.24) is 5.32 Å². The number of hydrogen-bond acceptors (Lipinski definition) is 5. The van der Waals surface area contributed by atoms with Crippen LogP contribution in [0.25, 0.3) is 0 Å². The van der Waals surface area contributed by atoms with E-state index in [1.54, 1.807) is 24.3 Å². The summed E-state index contributed by atoms with van der Waals surface area (Å²) >= 11 is 4.65. The number of carbonyl (C=O) groups is 2. The fourth-order valence-corrected chi connectivity index (χ4v) is 5.11. The molecule has 1 fully saturated rings. The van der Waals surface area contributed by atoms with Crippen molar-refractivity contribution in [2.24, 2.45) is 0 Å². The molecule has 0 bridgehead atoms. The molecule has 0 unspecified atom stereocenters. The number of halogens is 1. The number of rotatable bonds is 6. The van der Waals surface area contributed by atoms with Crippen molar-refractivity contribution >= 4 is 45.2 Å². The maximum Gasteiger partial charge on any atom is 0.265 e. The van der Waals surface area contributed by atoms with Gasteiger partial charge in [-0.15, -0.1) is 0 Å². The first-order valence-electron chi connectivity index (χ1n) is 10.2. The van der Waals surface area contributed by atoms with E-state index in [4.69, 9.17) is 4.42 Å². The van der Waals surface area contributed by atoms with Crippen LogP contribution in [0.2, 0.25) is 0 Å². The average molecular weight is 522 g/mol. The summed E-state index contributed by atoms with van der Waals surface area (Å²) in [4.78, 5) is 27.9. The van der Waals surface area contributed by atoms with Gasteiger partial charge in [-0.05, 0) is 55.3 Å². The standard InChI is InChI=1S/C25H20BrN3O3S/c1-16-4-2-5-17(12-16)13-22-24(31)29(19-9-7-18(26)8-10-19)25(33-22)21(14-27)23(30)28-15-20-6-3-11-32-20/h2-12,22H,13,15H2,1H3,(H,28,30)/b25-21-/t22-/m1/s1. The molecule has 0 radical (unpaired) electrons. The normalized spacial score (nSPS) is 17.1. The molecule has 0 aliphatic carbocycles. The second-order valence-corrected chi connectivity index (χ2v) is 9.61. The number of carbonyl (C=O) groups excluding carboxylic acids is 2. The molecule has 0 saturated carbocycles. The number of furan rings is 1. The average Bonchev–Trinajstić information content (AvgIpc) is 3.42. The molecule has 2 amide bonds. The zero-order chi connectivity index (χ0) is 23.4. The van der Waals surface area contributed by atoms with Crippen LogP contribution in [0, 0.1) is 18.3 Å². The minimum atomic E-state index is -0.553. The molecule has 1 aliphatic rings. The van der Waals surface area contributed by atoms with Crippen LogP contribution in [0.1, 0.15) is 16.9 Å². The third-order valence-corrected chi connectivity index (χ3v) is 6.89. The number of nitrogens with one attached hydrogen (secondary N) is 1. The Balaban J connectivity index is 1.68. The molecule has 1 aromatic heterocycles. The summed E-state index contributed by atoms with van der Waals surface area (Å²) in [5.41, 5.74) is 2.63. The number of aryl methyl sites for hydroxylation is 1. The molecular formula is C25H20BrN3O3S. The van der Waals surface area contributed by atoms with Crippen molar-refractivity contribution in [2.75, 3.05) is 4.90 Å². The zero-order valence-electron chi connectivity index (χ0n) is 17.7. The van der Waals surface area contributed by atoms with Crippen LogP contribution in [-0.4, -0.2) is 17.1 Å². The zero-order valence-corrected chi connectivity index (χ0v) is 20.2. The van der Waals surface area contributed by atoms with Gasteiger partial charge in [-0.1, -0.05) is 57.5 Å². The predicted octanol–water partition coefficient (Wildman–Crippen LogP) is 5.09. The van der Waals surface area contributed by atoms with Crippen molar-refractivity contribution < 1.29 is 14.0 Å². The number of thioether (sulfide) groups is 1. The SMILES string of the molecule is Cc1cccc(C[C@H]2S/C(=C(/C#N)C(=O)NCc3ccco3)N(c3ccc(Br)cc3)C2=O)c1. The number of amides is 2. The van der Waals surface area contributed by atoms with Crippen LogP contribution in [-0.2, 0) is 22.6 Å². The van der Waals surface area contributed by atoms with Gasteiger partial charge in [0.1, 0.15) is 22.4 Å². The van der Waals surface area contributed by atoms with E-state index in [-0.39, 0.29) is 18.0 Å². The van der Waals surface area contributed by atoms with Gasteiger partial charge in [0, 0.05) is 10.2 Å². The van der Waals surface area contributed by atoms with Crippen LogP contribution >= 0.6 is 27.7 Å². The third kappa shape index (κ3) is 5.21. The second-order valence-electron chi connectivity index (χ2n) is 7.50. The molecule has 1 saturated heterocycles. The number of benzene rings is 2. The number of anilines is 1. The third-order valence-electron chi connectivity index (χ3n) is 5.10. The van der Waals surface area contributed by atoms with E-state index in [1.165, 1.54) is 22.9 Å². The summed E-state index contributed by atoms with van der Waals surface area (Å²) in [6.45, 7) is 2.15. The highest BCUT2D eigenvalue weighted by Gasteiger charge is 2.40. The fraction of sp³-hybridized carbons (Fsp3) is 0.160. The lowest BCUT2D eigenvalue weighted by molar-refractivity contribution is -0.117. The Morgan fingerprint density at radius 3 is 2.67 bits per heavy atom. The topological polar surface area (TPSA) is 86.3 Å². The quantitative estimate of drug-likeness (QED) is 0.360. The van der Waals surface area contributed by atoms with Gasteiger partial charge in [-0.2, -0.15) is 5.26 Å². The first-order chi connectivity index (χ1) is 16.0. The van der Waals surface area contributed by atoms with Gasteiger partial charge >= 0.3 is 0 Å².